The zero-order valence-electron chi connectivity index (χ0n) is 10.6. The number of hydrogen-bond acceptors (Lipinski definition) is 6. The summed E-state index contributed by atoms with van der Waals surface area (Å²) in [7, 11) is 3.81. The summed E-state index contributed by atoms with van der Waals surface area (Å²) in [4.78, 5) is 30.1. The predicted octanol–water partition coefficient (Wildman–Crippen LogP) is 1.63. The van der Waals surface area contributed by atoms with Crippen LogP contribution in [0.5, 0.6) is 0 Å². The summed E-state index contributed by atoms with van der Waals surface area (Å²) in [5, 5.41) is 12.1. The average Bonchev–Trinajstić information content (AvgIpc) is 2.85. The lowest BCUT2D eigenvalue weighted by Gasteiger charge is -2.07. The molecule has 0 unspecified atom stereocenters. The van der Waals surface area contributed by atoms with Crippen molar-refractivity contribution in [3.8, 4) is 0 Å². The molecule has 2 aromatic heterocycles. The van der Waals surface area contributed by atoms with Crippen molar-refractivity contribution in [2.75, 3.05) is 19.0 Å². The highest BCUT2D eigenvalue weighted by Crippen LogP contribution is 2.33. The van der Waals surface area contributed by atoms with Gasteiger partial charge in [0.05, 0.1) is 9.58 Å². The van der Waals surface area contributed by atoms with Gasteiger partial charge in [0.15, 0.2) is 5.13 Å². The lowest BCUT2D eigenvalue weighted by atomic mass is 10.3. The van der Waals surface area contributed by atoms with E-state index < -0.39 is 12.0 Å². The fourth-order valence-corrected chi connectivity index (χ4v) is 3.39. The minimum atomic E-state index is -1.06. The van der Waals surface area contributed by atoms with Gasteiger partial charge in [-0.1, -0.05) is 11.3 Å². The Labute approximate surface area is 117 Å². The third kappa shape index (κ3) is 2.85. The second-order valence-corrected chi connectivity index (χ2v) is 6.24. The zero-order chi connectivity index (χ0) is 14.2. The molecule has 0 aliphatic heterocycles. The van der Waals surface area contributed by atoms with Crippen LogP contribution in [0.15, 0.2) is 6.07 Å². The molecule has 6 nitrogen and oxygen atoms in total. The van der Waals surface area contributed by atoms with Crippen molar-refractivity contribution in [3.05, 3.63) is 10.9 Å². The summed E-state index contributed by atoms with van der Waals surface area (Å²) < 4.78 is 0.932. The van der Waals surface area contributed by atoms with E-state index in [0.717, 1.165) is 14.7 Å². The largest absolute Gasteiger partial charge is 0.480 e. The van der Waals surface area contributed by atoms with Gasteiger partial charge in [-0.15, -0.1) is 11.3 Å². The van der Waals surface area contributed by atoms with Crippen LogP contribution in [0.2, 0.25) is 0 Å². The second-order valence-electron chi connectivity index (χ2n) is 4.20. The number of aliphatic carboxylic acids is 1. The van der Waals surface area contributed by atoms with E-state index in [2.05, 4.69) is 10.3 Å². The molecule has 19 heavy (non-hydrogen) atoms. The first kappa shape index (κ1) is 13.8. The number of anilines is 1. The molecule has 2 rings (SSSR count). The number of carboxylic acids is 1. The van der Waals surface area contributed by atoms with E-state index in [-0.39, 0.29) is 5.91 Å². The zero-order valence-corrected chi connectivity index (χ0v) is 12.3. The Morgan fingerprint density at radius 3 is 2.63 bits per heavy atom. The fraction of sp³-hybridized carbons (Fsp3) is 0.364. The number of carboxylic acid groups (broad SMARTS) is 1. The molecule has 0 fully saturated rings. The first-order chi connectivity index (χ1) is 8.88. The number of amides is 1. The number of nitrogens with zero attached hydrogens (tertiary/aromatic N) is 2. The van der Waals surface area contributed by atoms with E-state index >= 15 is 0 Å². The van der Waals surface area contributed by atoms with Crippen LogP contribution >= 0.6 is 22.7 Å². The molecule has 0 radical (unpaired) electrons. The summed E-state index contributed by atoms with van der Waals surface area (Å²) in [6.45, 7) is 1.43. The number of carbonyl (C=O) groups is 2. The van der Waals surface area contributed by atoms with Crippen LogP contribution in [0.4, 0.5) is 5.13 Å². The molecule has 0 aliphatic rings. The van der Waals surface area contributed by atoms with Crippen molar-refractivity contribution >= 4 is 49.2 Å². The molecule has 102 valence electrons. The van der Waals surface area contributed by atoms with Gasteiger partial charge in [-0.3, -0.25) is 9.59 Å². The van der Waals surface area contributed by atoms with Crippen molar-refractivity contribution in [2.24, 2.45) is 0 Å². The van der Waals surface area contributed by atoms with Crippen LogP contribution in [0.3, 0.4) is 0 Å². The maximum Gasteiger partial charge on any atom is 0.325 e. The third-order valence-corrected chi connectivity index (χ3v) is 4.73. The number of nitrogens with one attached hydrogen (secondary N) is 1. The summed E-state index contributed by atoms with van der Waals surface area (Å²) >= 11 is 2.76. The van der Waals surface area contributed by atoms with E-state index in [0.29, 0.717) is 4.88 Å². The number of carbonyl (C=O) groups excluding carboxylic acids is 1. The number of thiazole rings is 1. The minimum absolute atomic E-state index is 0.378. The Hall–Kier alpha value is -1.67. The van der Waals surface area contributed by atoms with Crippen LogP contribution in [-0.2, 0) is 4.79 Å². The van der Waals surface area contributed by atoms with E-state index in [1.54, 1.807) is 6.07 Å². The number of thiophene rings is 1. The van der Waals surface area contributed by atoms with Gasteiger partial charge in [0.25, 0.3) is 5.91 Å². The Bertz CT molecular complexity index is 601. The molecule has 2 N–H and O–H groups in total. The van der Waals surface area contributed by atoms with E-state index in [1.165, 1.54) is 29.6 Å². The molecule has 0 aliphatic carbocycles. The van der Waals surface area contributed by atoms with Gasteiger partial charge in [-0.25, -0.2) is 4.98 Å². The van der Waals surface area contributed by atoms with Gasteiger partial charge >= 0.3 is 5.97 Å². The average molecular weight is 299 g/mol. The molecule has 0 bridgehead atoms. The maximum atomic E-state index is 11.8. The molecule has 2 aromatic rings. The minimum Gasteiger partial charge on any atom is -0.480 e. The second kappa shape index (κ2) is 5.14. The molecule has 8 heteroatoms. The molecule has 0 aromatic carbocycles. The van der Waals surface area contributed by atoms with E-state index in [4.69, 9.17) is 5.11 Å². The van der Waals surface area contributed by atoms with Gasteiger partial charge in [-0.2, -0.15) is 0 Å². The van der Waals surface area contributed by atoms with Crippen LogP contribution in [0, 0.1) is 0 Å². The van der Waals surface area contributed by atoms with Gasteiger partial charge in [-0.05, 0) is 13.0 Å². The number of rotatable bonds is 4. The Morgan fingerprint density at radius 2 is 2.11 bits per heavy atom. The van der Waals surface area contributed by atoms with Crippen LogP contribution in [0.1, 0.15) is 16.6 Å². The Kier molecular flexibility index (Phi) is 3.72. The quantitative estimate of drug-likeness (QED) is 0.896. The smallest absolute Gasteiger partial charge is 0.325 e. The third-order valence-electron chi connectivity index (χ3n) is 2.40. The highest BCUT2D eigenvalue weighted by molar-refractivity contribution is 7.29. The topological polar surface area (TPSA) is 82.5 Å². The Morgan fingerprint density at radius 1 is 1.42 bits per heavy atom. The molecule has 1 amide bonds. The van der Waals surface area contributed by atoms with Crippen molar-refractivity contribution in [2.45, 2.75) is 13.0 Å². The molecule has 2 heterocycles. The monoisotopic (exact) mass is 299 g/mol. The SMILES string of the molecule is C[C@H](NC(=O)c1cc2sc(N(C)C)nc2s1)C(=O)O. The van der Waals surface area contributed by atoms with Crippen molar-refractivity contribution in [1.82, 2.24) is 10.3 Å². The standard InChI is InChI=1S/C11H13N3O3S2/c1-5(10(16)17)12-8(15)6-4-7-9(18-6)13-11(19-7)14(2)3/h4-5H,1-3H3,(H,12,15)(H,16,17)/t5-/m0/s1. The fourth-order valence-electron chi connectivity index (χ4n) is 1.36. The van der Waals surface area contributed by atoms with Gasteiger partial charge in [0, 0.05) is 14.1 Å². The van der Waals surface area contributed by atoms with E-state index in [9.17, 15) is 9.59 Å². The van der Waals surface area contributed by atoms with Crippen LogP contribution < -0.4 is 10.2 Å². The summed E-state index contributed by atoms with van der Waals surface area (Å²) in [5.74, 6) is -1.43. The molecular formula is C11H13N3O3S2. The number of hydrogen-bond donors (Lipinski definition) is 2. The van der Waals surface area contributed by atoms with Gasteiger partial charge in [0.1, 0.15) is 10.9 Å². The molecular weight excluding hydrogens is 286 g/mol. The summed E-state index contributed by atoms with van der Waals surface area (Å²) in [6, 6.07) is 0.840. The molecule has 0 saturated heterocycles. The molecule has 0 spiro atoms. The van der Waals surface area contributed by atoms with Crippen LogP contribution in [0.25, 0.3) is 9.53 Å². The first-order valence-corrected chi connectivity index (χ1v) is 7.13. The first-order valence-electron chi connectivity index (χ1n) is 5.50. The van der Waals surface area contributed by atoms with Crippen molar-refractivity contribution in [3.63, 3.8) is 0 Å². The number of aromatic nitrogens is 1. The number of fused-ring (bicyclic) bond motifs is 1. The lowest BCUT2D eigenvalue weighted by molar-refractivity contribution is -0.138. The summed E-state index contributed by atoms with van der Waals surface area (Å²) in [5.41, 5.74) is 0. The Balaban J connectivity index is 2.19. The van der Waals surface area contributed by atoms with Crippen molar-refractivity contribution < 1.29 is 14.7 Å². The van der Waals surface area contributed by atoms with Crippen LogP contribution in [-0.4, -0.2) is 42.1 Å². The van der Waals surface area contributed by atoms with Gasteiger partial charge < -0.3 is 15.3 Å². The van der Waals surface area contributed by atoms with Crippen molar-refractivity contribution in [1.29, 1.82) is 0 Å². The maximum absolute atomic E-state index is 11.8. The highest BCUT2D eigenvalue weighted by Gasteiger charge is 2.18. The van der Waals surface area contributed by atoms with E-state index in [1.807, 2.05) is 19.0 Å². The lowest BCUT2D eigenvalue weighted by Crippen LogP contribution is -2.37. The summed E-state index contributed by atoms with van der Waals surface area (Å²) in [6.07, 6.45) is 0. The molecule has 1 atom stereocenters. The van der Waals surface area contributed by atoms with Gasteiger partial charge in [0.2, 0.25) is 0 Å². The highest BCUT2D eigenvalue weighted by atomic mass is 32.1. The predicted molar refractivity (Wildman–Crippen MR) is 76.4 cm³/mol. The normalized spacial score (nSPS) is 12.4. The molecule has 0 saturated carbocycles.